The van der Waals surface area contributed by atoms with Crippen molar-refractivity contribution >= 4 is 28.9 Å². The Bertz CT molecular complexity index is 855. The van der Waals surface area contributed by atoms with Crippen LogP contribution in [-0.2, 0) is 16.0 Å². The molecule has 4 rings (SSSR count). The van der Waals surface area contributed by atoms with Crippen LogP contribution in [0.4, 0.5) is 5.69 Å². The fraction of sp³-hybridized carbons (Fsp3) is 0.455. The first-order chi connectivity index (χ1) is 13.5. The molecule has 1 aromatic heterocycles. The molecule has 5 nitrogen and oxygen atoms in total. The van der Waals surface area contributed by atoms with Gasteiger partial charge in [0.2, 0.25) is 5.91 Å². The van der Waals surface area contributed by atoms with Gasteiger partial charge in [0.05, 0.1) is 18.2 Å². The number of nitrogens with zero attached hydrogens (tertiary/aromatic N) is 1. The fourth-order valence-electron chi connectivity index (χ4n) is 3.90. The predicted octanol–water partition coefficient (Wildman–Crippen LogP) is 4.26. The van der Waals surface area contributed by atoms with Crippen molar-refractivity contribution in [2.24, 2.45) is 5.92 Å². The third-order valence-electron chi connectivity index (χ3n) is 5.28. The summed E-state index contributed by atoms with van der Waals surface area (Å²) in [5.41, 5.74) is 2.61. The molecule has 1 amide bonds. The first kappa shape index (κ1) is 19.2. The molecule has 0 spiro atoms. The number of ether oxygens (including phenoxy) is 1. The normalized spacial score (nSPS) is 19.3. The van der Waals surface area contributed by atoms with Crippen molar-refractivity contribution < 1.29 is 14.3 Å². The second-order valence-corrected chi connectivity index (χ2v) is 8.88. The van der Waals surface area contributed by atoms with Gasteiger partial charge in [-0.05, 0) is 80.3 Å². The Morgan fingerprint density at radius 3 is 2.64 bits per heavy atom. The van der Waals surface area contributed by atoms with E-state index in [2.05, 4.69) is 21.7 Å². The molecule has 1 fully saturated rings. The van der Waals surface area contributed by atoms with Crippen LogP contribution in [-0.4, -0.2) is 36.0 Å². The summed E-state index contributed by atoms with van der Waals surface area (Å²) in [6, 6.07) is 9.49. The van der Waals surface area contributed by atoms with Gasteiger partial charge in [-0.25, -0.2) is 4.79 Å². The molecule has 1 aliphatic heterocycles. The molecule has 1 aromatic carbocycles. The SMILES string of the molecule is CC(C)OC(=O)c1ccc(NC(=O)CN2CCc3sccc3[C@H]2C2CC2)cc1. The maximum absolute atomic E-state index is 12.6. The molecule has 6 heteroatoms. The number of fused-ring (bicyclic) bond motifs is 1. The van der Waals surface area contributed by atoms with Crippen LogP contribution in [0.5, 0.6) is 0 Å². The molecular weight excluding hydrogens is 372 g/mol. The van der Waals surface area contributed by atoms with Crippen molar-refractivity contribution in [3.8, 4) is 0 Å². The van der Waals surface area contributed by atoms with Crippen molar-refractivity contribution in [3.63, 3.8) is 0 Å². The molecular formula is C22H26N2O3S. The number of rotatable bonds is 6. The third kappa shape index (κ3) is 4.28. The minimum Gasteiger partial charge on any atom is -0.459 e. The summed E-state index contributed by atoms with van der Waals surface area (Å²) >= 11 is 1.84. The van der Waals surface area contributed by atoms with E-state index in [9.17, 15) is 9.59 Å². The van der Waals surface area contributed by atoms with E-state index in [1.807, 2.05) is 25.2 Å². The van der Waals surface area contributed by atoms with Gasteiger partial charge < -0.3 is 10.1 Å². The number of hydrogen-bond acceptors (Lipinski definition) is 5. The lowest BCUT2D eigenvalue weighted by molar-refractivity contribution is -0.118. The topological polar surface area (TPSA) is 58.6 Å². The first-order valence-corrected chi connectivity index (χ1v) is 10.8. The van der Waals surface area contributed by atoms with Gasteiger partial charge >= 0.3 is 5.97 Å². The van der Waals surface area contributed by atoms with Gasteiger partial charge in [-0.1, -0.05) is 0 Å². The van der Waals surface area contributed by atoms with Gasteiger partial charge in [-0.2, -0.15) is 0 Å². The zero-order valence-corrected chi connectivity index (χ0v) is 17.1. The molecule has 0 radical (unpaired) electrons. The van der Waals surface area contributed by atoms with Gasteiger partial charge in [-0.3, -0.25) is 9.69 Å². The lowest BCUT2D eigenvalue weighted by Crippen LogP contribution is -2.41. The lowest BCUT2D eigenvalue weighted by atomic mass is 9.96. The maximum Gasteiger partial charge on any atom is 0.338 e. The minimum atomic E-state index is -0.347. The number of esters is 1. The van der Waals surface area contributed by atoms with Crippen LogP contribution in [0.25, 0.3) is 0 Å². The van der Waals surface area contributed by atoms with E-state index in [1.54, 1.807) is 24.3 Å². The van der Waals surface area contributed by atoms with Gasteiger partial charge in [0.15, 0.2) is 0 Å². The molecule has 28 heavy (non-hydrogen) atoms. The van der Waals surface area contributed by atoms with Gasteiger partial charge in [-0.15, -0.1) is 11.3 Å². The number of hydrogen-bond donors (Lipinski definition) is 1. The Labute approximate surface area is 169 Å². The lowest BCUT2D eigenvalue weighted by Gasteiger charge is -2.35. The van der Waals surface area contributed by atoms with E-state index in [-0.39, 0.29) is 18.0 Å². The Morgan fingerprint density at radius 1 is 1.21 bits per heavy atom. The van der Waals surface area contributed by atoms with Crippen molar-refractivity contribution in [1.29, 1.82) is 0 Å². The van der Waals surface area contributed by atoms with E-state index >= 15 is 0 Å². The zero-order chi connectivity index (χ0) is 19.7. The third-order valence-corrected chi connectivity index (χ3v) is 6.28. The number of anilines is 1. The number of carbonyl (C=O) groups excluding carboxylic acids is 2. The molecule has 1 N–H and O–H groups in total. The van der Waals surface area contributed by atoms with Gasteiger partial charge in [0.1, 0.15) is 0 Å². The maximum atomic E-state index is 12.6. The average Bonchev–Trinajstić information content (AvgIpc) is 3.37. The number of amides is 1. The Kier molecular flexibility index (Phi) is 5.51. The summed E-state index contributed by atoms with van der Waals surface area (Å²) in [5, 5.41) is 5.14. The van der Waals surface area contributed by atoms with Crippen molar-refractivity contribution in [3.05, 3.63) is 51.7 Å². The number of benzene rings is 1. The van der Waals surface area contributed by atoms with E-state index in [1.165, 1.54) is 23.3 Å². The van der Waals surface area contributed by atoms with Crippen molar-refractivity contribution in [2.45, 2.75) is 45.3 Å². The van der Waals surface area contributed by atoms with Crippen LogP contribution >= 0.6 is 11.3 Å². The Hall–Kier alpha value is -2.18. The van der Waals surface area contributed by atoms with Crippen molar-refractivity contribution in [1.82, 2.24) is 4.90 Å². The largest absolute Gasteiger partial charge is 0.459 e. The summed E-state index contributed by atoms with van der Waals surface area (Å²) in [6.07, 6.45) is 3.38. The minimum absolute atomic E-state index is 0.0122. The Morgan fingerprint density at radius 2 is 1.96 bits per heavy atom. The molecule has 2 heterocycles. The molecule has 148 valence electrons. The average molecular weight is 399 g/mol. The van der Waals surface area contributed by atoms with E-state index in [0.29, 0.717) is 29.8 Å². The van der Waals surface area contributed by atoms with Crippen LogP contribution in [0.1, 0.15) is 53.5 Å². The number of nitrogens with one attached hydrogen (secondary N) is 1. The van der Waals surface area contributed by atoms with Crippen LogP contribution in [0.15, 0.2) is 35.7 Å². The smallest absolute Gasteiger partial charge is 0.338 e. The molecule has 0 bridgehead atoms. The van der Waals surface area contributed by atoms with Crippen LogP contribution in [0.3, 0.4) is 0 Å². The molecule has 0 unspecified atom stereocenters. The Balaban J connectivity index is 1.37. The summed E-state index contributed by atoms with van der Waals surface area (Å²) in [5.74, 6) is 0.328. The quantitative estimate of drug-likeness (QED) is 0.739. The standard InChI is InChI=1S/C22H26N2O3S/c1-14(2)27-22(26)16-5-7-17(8-6-16)23-20(25)13-24-11-9-19-18(10-12-28-19)21(24)15-3-4-15/h5-8,10,12,14-15,21H,3-4,9,11,13H2,1-2H3,(H,23,25)/t21-/m1/s1. The van der Waals surface area contributed by atoms with E-state index < -0.39 is 0 Å². The van der Waals surface area contributed by atoms with E-state index in [4.69, 9.17) is 4.74 Å². The van der Waals surface area contributed by atoms with Gasteiger partial charge in [0.25, 0.3) is 0 Å². The van der Waals surface area contributed by atoms with Crippen LogP contribution in [0, 0.1) is 5.92 Å². The molecule has 2 aromatic rings. The molecule has 1 atom stereocenters. The van der Waals surface area contributed by atoms with Crippen LogP contribution in [0.2, 0.25) is 0 Å². The van der Waals surface area contributed by atoms with Crippen LogP contribution < -0.4 is 5.32 Å². The van der Waals surface area contributed by atoms with Gasteiger partial charge in [0, 0.05) is 23.2 Å². The summed E-state index contributed by atoms with van der Waals surface area (Å²) in [6.45, 7) is 4.97. The molecule has 1 saturated carbocycles. The highest BCUT2D eigenvalue weighted by molar-refractivity contribution is 7.10. The summed E-state index contributed by atoms with van der Waals surface area (Å²) in [4.78, 5) is 28.4. The monoisotopic (exact) mass is 398 g/mol. The fourth-order valence-corrected chi connectivity index (χ4v) is 4.81. The second-order valence-electron chi connectivity index (χ2n) is 7.88. The summed E-state index contributed by atoms with van der Waals surface area (Å²) in [7, 11) is 0. The highest BCUT2D eigenvalue weighted by atomic mass is 32.1. The first-order valence-electron chi connectivity index (χ1n) is 9.92. The molecule has 1 aliphatic carbocycles. The number of carbonyl (C=O) groups is 2. The summed E-state index contributed by atoms with van der Waals surface area (Å²) < 4.78 is 5.19. The predicted molar refractivity (Wildman–Crippen MR) is 111 cm³/mol. The highest BCUT2D eigenvalue weighted by Gasteiger charge is 2.40. The zero-order valence-electron chi connectivity index (χ0n) is 16.3. The number of thiophene rings is 1. The molecule has 0 saturated heterocycles. The molecule has 2 aliphatic rings. The highest BCUT2D eigenvalue weighted by Crippen LogP contribution is 2.48. The van der Waals surface area contributed by atoms with E-state index in [0.717, 1.165) is 13.0 Å². The second kappa shape index (κ2) is 8.05. The van der Waals surface area contributed by atoms with Crippen molar-refractivity contribution in [2.75, 3.05) is 18.4 Å².